The monoisotopic (exact) mass is 432 g/mol. The highest BCUT2D eigenvalue weighted by molar-refractivity contribution is 5.22. The molecule has 2 atom stereocenters. The molecule has 3 aliphatic carbocycles. The number of aliphatic hydroxyl groups excluding tert-OH is 2. The Kier molecular flexibility index (Phi) is 8.98. The lowest BCUT2D eigenvalue weighted by molar-refractivity contribution is 0.00273. The van der Waals surface area contributed by atoms with Gasteiger partial charge in [0.1, 0.15) is 0 Å². The first-order valence-electron chi connectivity index (χ1n) is 12.5. The first-order chi connectivity index (χ1) is 14.7. The van der Waals surface area contributed by atoms with Gasteiger partial charge >= 0.3 is 0 Å². The quantitative estimate of drug-likeness (QED) is 0.473. The Hall–Kier alpha value is -0.940. The van der Waals surface area contributed by atoms with Crippen molar-refractivity contribution in [3.05, 3.63) is 35.5 Å². The molecule has 4 nitrogen and oxygen atoms in total. The number of allylic oxidation sites excluding steroid dienone is 4. The molecular weight excluding hydrogens is 388 g/mol. The largest absolute Gasteiger partial charge is 0.393 e. The maximum Gasteiger partial charge on any atom is 0.0651 e. The average molecular weight is 433 g/mol. The van der Waals surface area contributed by atoms with Gasteiger partial charge in [-0.1, -0.05) is 35.5 Å². The van der Waals surface area contributed by atoms with E-state index in [1.165, 1.54) is 44.1 Å². The molecule has 4 heteroatoms. The third-order valence-corrected chi connectivity index (χ3v) is 7.41. The number of hydrogen-bond acceptors (Lipinski definition) is 4. The van der Waals surface area contributed by atoms with Crippen LogP contribution in [0.1, 0.15) is 97.3 Å². The van der Waals surface area contributed by atoms with Gasteiger partial charge in [-0.2, -0.15) is 0 Å². The van der Waals surface area contributed by atoms with Crippen LogP contribution in [0.3, 0.4) is 0 Å². The van der Waals surface area contributed by atoms with Gasteiger partial charge in [-0.25, -0.2) is 0 Å². The van der Waals surface area contributed by atoms with E-state index >= 15 is 0 Å². The summed E-state index contributed by atoms with van der Waals surface area (Å²) in [6.07, 6.45) is 21.7. The SMILES string of the molecule is CC(C)(O)CC/C=C/COC1CCC2(CCC/C(=C\C=C3C[C@H](O)C[C@@H](O)C3)C2)CC1. The zero-order valence-corrected chi connectivity index (χ0v) is 19.7. The summed E-state index contributed by atoms with van der Waals surface area (Å²) >= 11 is 0. The maximum absolute atomic E-state index is 9.90. The van der Waals surface area contributed by atoms with Gasteiger partial charge in [-0.15, -0.1) is 0 Å². The van der Waals surface area contributed by atoms with E-state index in [0.717, 1.165) is 25.7 Å². The van der Waals surface area contributed by atoms with E-state index in [1.807, 2.05) is 13.8 Å². The average Bonchev–Trinajstić information content (AvgIpc) is 2.69. The third-order valence-electron chi connectivity index (χ3n) is 7.41. The highest BCUT2D eigenvalue weighted by atomic mass is 16.5. The van der Waals surface area contributed by atoms with Crippen LogP contribution in [0.5, 0.6) is 0 Å². The van der Waals surface area contributed by atoms with Gasteiger partial charge in [0.15, 0.2) is 0 Å². The van der Waals surface area contributed by atoms with E-state index in [0.29, 0.717) is 37.4 Å². The molecule has 0 aliphatic heterocycles. The number of aliphatic hydroxyl groups is 3. The smallest absolute Gasteiger partial charge is 0.0651 e. The summed E-state index contributed by atoms with van der Waals surface area (Å²) in [5.74, 6) is 0. The zero-order chi connectivity index (χ0) is 22.3. The van der Waals surface area contributed by atoms with Crippen molar-refractivity contribution < 1.29 is 20.1 Å². The second-order valence-electron chi connectivity index (χ2n) is 11.0. The fourth-order valence-corrected chi connectivity index (χ4v) is 5.64. The fourth-order valence-electron chi connectivity index (χ4n) is 5.64. The molecule has 3 rings (SSSR count). The number of hydrogen-bond donors (Lipinski definition) is 3. The van der Waals surface area contributed by atoms with Crippen molar-refractivity contribution in [2.45, 2.75) is 121 Å². The van der Waals surface area contributed by atoms with Crippen LogP contribution in [0.4, 0.5) is 0 Å². The lowest BCUT2D eigenvalue weighted by Crippen LogP contribution is -2.33. The highest BCUT2D eigenvalue weighted by Gasteiger charge is 2.37. The molecule has 0 radical (unpaired) electrons. The molecule has 0 heterocycles. The Morgan fingerprint density at radius 3 is 2.35 bits per heavy atom. The van der Waals surface area contributed by atoms with E-state index in [2.05, 4.69) is 24.3 Å². The Bertz CT molecular complexity index is 635. The normalized spacial score (nSPS) is 34.0. The standard InChI is InChI=1S/C27H44O4/c1-26(2,30)12-4-3-5-16-31-25-10-14-27(15-11-25)13-6-7-21(20-27)8-9-22-17-23(28)19-24(29)18-22/h3,5,8-9,23-25,28-30H,4,6-7,10-20H2,1-2H3/b5-3+,21-8+/t23-,24-,25?,27?/m0/s1. The Morgan fingerprint density at radius 1 is 1.00 bits per heavy atom. The van der Waals surface area contributed by atoms with Crippen LogP contribution in [-0.4, -0.2) is 45.8 Å². The molecule has 1 spiro atoms. The molecule has 3 N–H and O–H groups in total. The first kappa shape index (κ1) is 24.7. The van der Waals surface area contributed by atoms with Crippen LogP contribution in [0.25, 0.3) is 0 Å². The zero-order valence-electron chi connectivity index (χ0n) is 19.7. The maximum atomic E-state index is 9.90. The number of rotatable bonds is 7. The highest BCUT2D eigenvalue weighted by Crippen LogP contribution is 2.49. The molecule has 3 saturated carbocycles. The summed E-state index contributed by atoms with van der Waals surface area (Å²) in [4.78, 5) is 0. The molecule has 3 fully saturated rings. The molecule has 0 aromatic carbocycles. The van der Waals surface area contributed by atoms with Crippen LogP contribution in [0.15, 0.2) is 35.5 Å². The number of ether oxygens (including phenoxy) is 1. The van der Waals surface area contributed by atoms with Crippen LogP contribution in [0, 0.1) is 5.41 Å². The van der Waals surface area contributed by atoms with Crippen molar-refractivity contribution in [2.75, 3.05) is 6.61 Å². The molecule has 0 bridgehead atoms. The minimum atomic E-state index is -0.592. The summed E-state index contributed by atoms with van der Waals surface area (Å²) < 4.78 is 6.10. The molecule has 0 unspecified atom stereocenters. The molecule has 176 valence electrons. The Balaban J connectivity index is 1.42. The first-order valence-corrected chi connectivity index (χ1v) is 12.5. The predicted molar refractivity (Wildman–Crippen MR) is 126 cm³/mol. The van der Waals surface area contributed by atoms with Crippen LogP contribution < -0.4 is 0 Å². The summed E-state index contributed by atoms with van der Waals surface area (Å²) in [6.45, 7) is 4.38. The van der Waals surface area contributed by atoms with Crippen molar-refractivity contribution in [1.29, 1.82) is 0 Å². The van der Waals surface area contributed by atoms with Crippen LogP contribution >= 0.6 is 0 Å². The summed E-state index contributed by atoms with van der Waals surface area (Å²) in [7, 11) is 0. The van der Waals surface area contributed by atoms with Crippen molar-refractivity contribution in [1.82, 2.24) is 0 Å². The van der Waals surface area contributed by atoms with Crippen LogP contribution in [0.2, 0.25) is 0 Å². The van der Waals surface area contributed by atoms with E-state index in [4.69, 9.17) is 4.74 Å². The second-order valence-corrected chi connectivity index (χ2v) is 11.0. The van der Waals surface area contributed by atoms with E-state index < -0.39 is 17.8 Å². The molecule has 0 aromatic heterocycles. The molecule has 31 heavy (non-hydrogen) atoms. The molecule has 0 amide bonds. The summed E-state index contributed by atoms with van der Waals surface area (Å²) in [5.41, 5.74) is 2.59. The lowest BCUT2D eigenvalue weighted by atomic mass is 9.63. The Morgan fingerprint density at radius 2 is 1.68 bits per heavy atom. The van der Waals surface area contributed by atoms with Gasteiger partial charge in [0.2, 0.25) is 0 Å². The van der Waals surface area contributed by atoms with E-state index in [9.17, 15) is 15.3 Å². The van der Waals surface area contributed by atoms with Gasteiger partial charge < -0.3 is 20.1 Å². The summed E-state index contributed by atoms with van der Waals surface area (Å²) in [5, 5.41) is 29.5. The predicted octanol–water partition coefficient (Wildman–Crippen LogP) is 5.37. The third kappa shape index (κ3) is 8.49. The van der Waals surface area contributed by atoms with E-state index in [1.54, 1.807) is 5.57 Å². The second kappa shape index (κ2) is 11.3. The van der Waals surface area contributed by atoms with Gasteiger partial charge in [-0.3, -0.25) is 0 Å². The lowest BCUT2D eigenvalue weighted by Gasteiger charge is -2.43. The summed E-state index contributed by atoms with van der Waals surface area (Å²) in [6, 6.07) is 0. The van der Waals surface area contributed by atoms with Gasteiger partial charge in [-0.05, 0) is 103 Å². The Labute approximate surface area is 189 Å². The van der Waals surface area contributed by atoms with Crippen LogP contribution in [-0.2, 0) is 4.74 Å². The topological polar surface area (TPSA) is 69.9 Å². The van der Waals surface area contributed by atoms with Crippen molar-refractivity contribution in [3.8, 4) is 0 Å². The van der Waals surface area contributed by atoms with Crippen molar-refractivity contribution in [2.24, 2.45) is 5.41 Å². The molecular formula is C27H44O4. The minimum Gasteiger partial charge on any atom is -0.393 e. The minimum absolute atomic E-state index is 0.381. The van der Waals surface area contributed by atoms with Gasteiger partial charge in [0, 0.05) is 0 Å². The molecule has 3 aliphatic rings. The molecule has 0 saturated heterocycles. The van der Waals surface area contributed by atoms with Gasteiger partial charge in [0.25, 0.3) is 0 Å². The van der Waals surface area contributed by atoms with Gasteiger partial charge in [0.05, 0.1) is 30.5 Å². The van der Waals surface area contributed by atoms with Crippen molar-refractivity contribution in [3.63, 3.8) is 0 Å². The van der Waals surface area contributed by atoms with E-state index in [-0.39, 0.29) is 0 Å². The molecule has 0 aromatic rings. The van der Waals surface area contributed by atoms with Crippen molar-refractivity contribution >= 4 is 0 Å². The fraction of sp³-hybridized carbons (Fsp3) is 0.778.